The predicted octanol–water partition coefficient (Wildman–Crippen LogP) is 3.13. The zero-order valence-electron chi connectivity index (χ0n) is 16.6. The first-order chi connectivity index (χ1) is 14.8. The Bertz CT molecular complexity index is 1070. The van der Waals surface area contributed by atoms with Crippen LogP contribution in [0, 0.1) is 5.82 Å². The highest BCUT2D eigenvalue weighted by atomic mass is 35.5. The molecule has 1 N–H and O–H groups in total. The van der Waals surface area contributed by atoms with Gasteiger partial charge >= 0.3 is 12.0 Å². The zero-order chi connectivity index (χ0) is 22.5. The molecule has 1 saturated heterocycles. The molecule has 3 amide bonds. The number of amides is 3. The fourth-order valence-electron chi connectivity index (χ4n) is 2.80. The van der Waals surface area contributed by atoms with Crippen molar-refractivity contribution in [3.63, 3.8) is 0 Å². The Morgan fingerprint density at radius 3 is 2.65 bits per heavy atom. The molecule has 1 aliphatic rings. The van der Waals surface area contributed by atoms with E-state index in [2.05, 4.69) is 10.1 Å². The first-order valence-electron chi connectivity index (χ1n) is 8.99. The molecule has 0 radical (unpaired) electrons. The number of benzene rings is 2. The summed E-state index contributed by atoms with van der Waals surface area (Å²) in [6.07, 6.45) is 1.38. The highest BCUT2D eigenvalue weighted by Gasteiger charge is 2.35. The van der Waals surface area contributed by atoms with Crippen molar-refractivity contribution < 1.29 is 33.0 Å². The quantitative estimate of drug-likeness (QED) is 0.397. The Hall–Kier alpha value is -3.59. The third-order valence-corrected chi connectivity index (χ3v) is 4.65. The van der Waals surface area contributed by atoms with Crippen LogP contribution < -0.4 is 14.8 Å². The maximum Gasteiger partial charge on any atom is 0.329 e. The fraction of sp³-hybridized carbons (Fsp3) is 0.190. The molecule has 0 atom stereocenters. The lowest BCUT2D eigenvalue weighted by atomic mass is 10.1. The van der Waals surface area contributed by atoms with Crippen LogP contribution in [0.5, 0.6) is 11.5 Å². The van der Waals surface area contributed by atoms with E-state index in [4.69, 9.17) is 21.1 Å². The highest BCUT2D eigenvalue weighted by molar-refractivity contribution is 6.32. The molecule has 10 heteroatoms. The van der Waals surface area contributed by atoms with Crippen molar-refractivity contribution >= 4 is 35.6 Å². The minimum Gasteiger partial charge on any atom is -0.493 e. The summed E-state index contributed by atoms with van der Waals surface area (Å²) in [5.41, 5.74) is 0.729. The van der Waals surface area contributed by atoms with Crippen LogP contribution >= 0.6 is 11.6 Å². The highest BCUT2D eigenvalue weighted by Crippen LogP contribution is 2.37. The van der Waals surface area contributed by atoms with Gasteiger partial charge in [0, 0.05) is 5.56 Å². The van der Waals surface area contributed by atoms with Crippen LogP contribution in [0.25, 0.3) is 6.08 Å². The summed E-state index contributed by atoms with van der Waals surface area (Å²) < 4.78 is 29.3. The molecule has 0 saturated carbocycles. The summed E-state index contributed by atoms with van der Waals surface area (Å²) in [4.78, 5) is 36.5. The summed E-state index contributed by atoms with van der Waals surface area (Å²) >= 11 is 6.31. The molecule has 1 heterocycles. The first kappa shape index (κ1) is 22.1. The molecule has 2 aromatic rings. The van der Waals surface area contributed by atoms with Crippen molar-refractivity contribution in [3.8, 4) is 11.5 Å². The van der Waals surface area contributed by atoms with Gasteiger partial charge in [-0.2, -0.15) is 0 Å². The number of imide groups is 1. The average molecular weight is 449 g/mol. The summed E-state index contributed by atoms with van der Waals surface area (Å²) in [5.74, 6) is -1.38. The van der Waals surface area contributed by atoms with Crippen molar-refractivity contribution in [2.75, 3.05) is 20.8 Å². The molecular weight excluding hydrogens is 431 g/mol. The van der Waals surface area contributed by atoms with Crippen molar-refractivity contribution in [1.29, 1.82) is 0 Å². The van der Waals surface area contributed by atoms with E-state index in [1.165, 1.54) is 31.4 Å². The van der Waals surface area contributed by atoms with E-state index in [0.717, 1.165) is 12.0 Å². The molecular formula is C21H18ClFN2O6. The van der Waals surface area contributed by atoms with E-state index < -0.39 is 30.3 Å². The summed E-state index contributed by atoms with van der Waals surface area (Å²) in [6.45, 7) is -0.578. The number of urea groups is 1. The van der Waals surface area contributed by atoms with Gasteiger partial charge in [-0.05, 0) is 29.8 Å². The van der Waals surface area contributed by atoms with Gasteiger partial charge in [0.05, 0.1) is 19.2 Å². The van der Waals surface area contributed by atoms with E-state index in [-0.39, 0.29) is 28.8 Å². The van der Waals surface area contributed by atoms with E-state index in [0.29, 0.717) is 11.1 Å². The largest absolute Gasteiger partial charge is 0.493 e. The van der Waals surface area contributed by atoms with E-state index in [1.54, 1.807) is 18.2 Å². The maximum atomic E-state index is 13.8. The number of carbonyl (C=O) groups is 3. The van der Waals surface area contributed by atoms with Crippen LogP contribution in [0.15, 0.2) is 42.1 Å². The third kappa shape index (κ3) is 4.95. The number of hydrogen-bond donors (Lipinski definition) is 1. The lowest BCUT2D eigenvalue weighted by molar-refractivity contribution is -0.143. The van der Waals surface area contributed by atoms with Gasteiger partial charge in [0.25, 0.3) is 5.91 Å². The van der Waals surface area contributed by atoms with Crippen LogP contribution in [0.1, 0.15) is 11.1 Å². The number of nitrogens with zero attached hydrogens (tertiary/aromatic N) is 1. The number of esters is 1. The number of methoxy groups -OCH3 is 2. The minimum atomic E-state index is -0.746. The van der Waals surface area contributed by atoms with Crippen LogP contribution in [0.3, 0.4) is 0 Å². The van der Waals surface area contributed by atoms with Crippen molar-refractivity contribution in [2.24, 2.45) is 0 Å². The van der Waals surface area contributed by atoms with Crippen LogP contribution in [-0.4, -0.2) is 43.6 Å². The molecule has 0 unspecified atom stereocenters. The molecule has 31 heavy (non-hydrogen) atoms. The SMILES string of the molecule is COC(=O)CN1C(=O)N/C(=C/c2cc(Cl)c(OCc3ccccc3F)c(OC)c2)C1=O. The second-order valence-corrected chi connectivity index (χ2v) is 6.78. The normalized spacial score (nSPS) is 14.6. The van der Waals surface area contributed by atoms with E-state index in [1.807, 2.05) is 0 Å². The first-order valence-corrected chi connectivity index (χ1v) is 9.37. The second kappa shape index (κ2) is 9.48. The smallest absolute Gasteiger partial charge is 0.329 e. The second-order valence-electron chi connectivity index (χ2n) is 6.37. The molecule has 0 aromatic heterocycles. The Kier molecular flexibility index (Phi) is 6.76. The Morgan fingerprint density at radius 1 is 1.23 bits per heavy atom. The van der Waals surface area contributed by atoms with Gasteiger partial charge in [-0.15, -0.1) is 0 Å². The molecule has 3 rings (SSSR count). The average Bonchev–Trinajstić information content (AvgIpc) is 3.00. The number of rotatable bonds is 7. The Labute approximate surface area is 182 Å². The minimum absolute atomic E-state index is 0.0490. The fourth-order valence-corrected chi connectivity index (χ4v) is 3.08. The summed E-state index contributed by atoms with van der Waals surface area (Å²) in [5, 5.41) is 2.55. The Balaban J connectivity index is 1.83. The van der Waals surface area contributed by atoms with E-state index >= 15 is 0 Å². The topological polar surface area (TPSA) is 94.2 Å². The molecule has 0 spiro atoms. The van der Waals surface area contributed by atoms with Gasteiger partial charge < -0.3 is 19.5 Å². The Morgan fingerprint density at radius 2 is 1.97 bits per heavy atom. The molecule has 2 aromatic carbocycles. The van der Waals surface area contributed by atoms with Crippen LogP contribution in [-0.2, 0) is 20.9 Å². The van der Waals surface area contributed by atoms with Gasteiger partial charge in [0.2, 0.25) is 0 Å². The van der Waals surface area contributed by atoms with E-state index in [9.17, 15) is 18.8 Å². The van der Waals surface area contributed by atoms with Gasteiger partial charge in [-0.1, -0.05) is 29.8 Å². The molecule has 1 fully saturated rings. The summed E-state index contributed by atoms with van der Waals surface area (Å²) in [6, 6.07) is 8.46. The zero-order valence-corrected chi connectivity index (χ0v) is 17.4. The summed E-state index contributed by atoms with van der Waals surface area (Å²) in [7, 11) is 2.56. The van der Waals surface area contributed by atoms with Gasteiger partial charge in [0.15, 0.2) is 11.5 Å². The third-order valence-electron chi connectivity index (χ3n) is 4.37. The number of hydrogen-bond acceptors (Lipinski definition) is 6. The maximum absolute atomic E-state index is 13.8. The van der Waals surface area contributed by atoms with Gasteiger partial charge in [0.1, 0.15) is 24.7 Å². The van der Waals surface area contributed by atoms with Crippen molar-refractivity contribution in [1.82, 2.24) is 10.2 Å². The monoisotopic (exact) mass is 448 g/mol. The number of nitrogens with one attached hydrogen (secondary N) is 1. The van der Waals surface area contributed by atoms with Crippen LogP contribution in [0.4, 0.5) is 9.18 Å². The molecule has 1 aliphatic heterocycles. The van der Waals surface area contributed by atoms with Crippen molar-refractivity contribution in [3.05, 3.63) is 64.1 Å². The molecule has 0 bridgehead atoms. The number of halogens is 2. The molecule has 162 valence electrons. The van der Waals surface area contributed by atoms with Gasteiger partial charge in [-0.25, -0.2) is 14.1 Å². The van der Waals surface area contributed by atoms with Crippen LogP contribution in [0.2, 0.25) is 5.02 Å². The lowest BCUT2D eigenvalue weighted by Gasteiger charge is -2.14. The predicted molar refractivity (Wildman–Crippen MR) is 109 cm³/mol. The van der Waals surface area contributed by atoms with Gasteiger partial charge in [-0.3, -0.25) is 9.59 Å². The number of ether oxygens (including phenoxy) is 3. The lowest BCUT2D eigenvalue weighted by Crippen LogP contribution is -2.36. The molecule has 0 aliphatic carbocycles. The molecule has 8 nitrogen and oxygen atoms in total. The van der Waals surface area contributed by atoms with Crippen molar-refractivity contribution in [2.45, 2.75) is 6.61 Å². The standard InChI is InChI=1S/C21H18ClFN2O6/c1-29-17-9-12(8-16-20(27)25(21(28)24-16)10-18(26)30-2)7-14(22)19(17)31-11-13-5-3-4-6-15(13)23/h3-9H,10-11H2,1-2H3,(H,24,28)/b16-8+. The number of carbonyl (C=O) groups excluding carboxylic acids is 3.